The van der Waals surface area contributed by atoms with Crippen LogP contribution < -0.4 is 10.6 Å². The Balaban J connectivity index is 1.61. The van der Waals surface area contributed by atoms with Crippen LogP contribution in [0.3, 0.4) is 0 Å². The summed E-state index contributed by atoms with van der Waals surface area (Å²) in [6.07, 6.45) is -4.58. The SMILES string of the molecule is N#Cc1ccc(NCCNc2nnnn2-c2ccccc2)cc1C(F)(F)F. The van der Waals surface area contributed by atoms with Crippen molar-refractivity contribution in [1.29, 1.82) is 5.26 Å². The number of para-hydroxylation sites is 1. The molecule has 7 nitrogen and oxygen atoms in total. The number of nitriles is 1. The molecule has 0 saturated heterocycles. The van der Waals surface area contributed by atoms with Gasteiger partial charge in [0.15, 0.2) is 0 Å². The molecular weight excluding hydrogens is 359 g/mol. The Labute approximate surface area is 152 Å². The van der Waals surface area contributed by atoms with E-state index in [0.717, 1.165) is 17.8 Å². The lowest BCUT2D eigenvalue weighted by atomic mass is 10.1. The zero-order valence-corrected chi connectivity index (χ0v) is 13.9. The summed E-state index contributed by atoms with van der Waals surface area (Å²) in [6.45, 7) is 0.694. The minimum atomic E-state index is -4.58. The van der Waals surface area contributed by atoms with E-state index in [2.05, 4.69) is 26.2 Å². The normalized spacial score (nSPS) is 11.0. The van der Waals surface area contributed by atoms with E-state index in [0.29, 0.717) is 19.0 Å². The Kier molecular flexibility index (Phi) is 5.21. The standard InChI is InChI=1S/C17H14F3N7/c18-17(19,20)15-10-13(7-6-12(15)11-21)22-8-9-23-16-24-25-26-27(16)14-4-2-1-3-5-14/h1-7,10,22H,8-9H2,(H,23,24,26). The van der Waals surface area contributed by atoms with Gasteiger partial charge in [-0.2, -0.15) is 23.1 Å². The number of nitrogens with one attached hydrogen (secondary N) is 2. The first-order valence-corrected chi connectivity index (χ1v) is 7.92. The van der Waals surface area contributed by atoms with Crippen LogP contribution in [0.4, 0.5) is 24.8 Å². The van der Waals surface area contributed by atoms with Gasteiger partial charge in [0.25, 0.3) is 0 Å². The van der Waals surface area contributed by atoms with Gasteiger partial charge in [-0.15, -0.1) is 0 Å². The second-order valence-corrected chi connectivity index (χ2v) is 5.47. The van der Waals surface area contributed by atoms with Gasteiger partial charge in [-0.3, -0.25) is 0 Å². The van der Waals surface area contributed by atoms with Crippen LogP contribution >= 0.6 is 0 Å². The fourth-order valence-corrected chi connectivity index (χ4v) is 2.41. The van der Waals surface area contributed by atoms with Gasteiger partial charge in [-0.1, -0.05) is 23.3 Å². The Morgan fingerprint density at radius 1 is 1.04 bits per heavy atom. The highest BCUT2D eigenvalue weighted by Gasteiger charge is 2.33. The lowest BCUT2D eigenvalue weighted by Gasteiger charge is -2.12. The molecule has 2 aromatic carbocycles. The van der Waals surface area contributed by atoms with E-state index in [1.54, 1.807) is 6.07 Å². The summed E-state index contributed by atoms with van der Waals surface area (Å²) in [7, 11) is 0. The van der Waals surface area contributed by atoms with Crippen molar-refractivity contribution in [3.63, 3.8) is 0 Å². The first-order valence-electron chi connectivity index (χ1n) is 7.92. The number of tetrazole rings is 1. The molecule has 0 fully saturated rings. The quantitative estimate of drug-likeness (QED) is 0.645. The number of nitrogens with zero attached hydrogens (tertiary/aromatic N) is 5. The zero-order chi connectivity index (χ0) is 19.3. The Morgan fingerprint density at radius 2 is 1.78 bits per heavy atom. The molecule has 0 amide bonds. The van der Waals surface area contributed by atoms with E-state index in [9.17, 15) is 13.2 Å². The van der Waals surface area contributed by atoms with Crippen LogP contribution in [0.25, 0.3) is 5.69 Å². The molecule has 0 saturated carbocycles. The number of hydrogen-bond acceptors (Lipinski definition) is 6. The minimum Gasteiger partial charge on any atom is -0.383 e. The van der Waals surface area contributed by atoms with Crippen molar-refractivity contribution < 1.29 is 13.2 Å². The van der Waals surface area contributed by atoms with Crippen LogP contribution in [-0.4, -0.2) is 33.3 Å². The number of benzene rings is 2. The minimum absolute atomic E-state index is 0.269. The van der Waals surface area contributed by atoms with E-state index < -0.39 is 17.3 Å². The summed E-state index contributed by atoms with van der Waals surface area (Å²) >= 11 is 0. The van der Waals surface area contributed by atoms with Crippen LogP contribution in [0.15, 0.2) is 48.5 Å². The first kappa shape index (κ1) is 18.2. The first-order chi connectivity index (χ1) is 13.0. The van der Waals surface area contributed by atoms with Gasteiger partial charge in [-0.25, -0.2) is 0 Å². The maximum atomic E-state index is 13.0. The average Bonchev–Trinajstić information content (AvgIpc) is 3.13. The van der Waals surface area contributed by atoms with E-state index >= 15 is 0 Å². The summed E-state index contributed by atoms with van der Waals surface area (Å²) in [5.41, 5.74) is -0.324. The molecule has 2 N–H and O–H groups in total. The predicted molar refractivity (Wildman–Crippen MR) is 92.3 cm³/mol. The third kappa shape index (κ3) is 4.33. The highest BCUT2D eigenvalue weighted by molar-refractivity contribution is 5.53. The van der Waals surface area contributed by atoms with Crippen molar-refractivity contribution >= 4 is 11.6 Å². The molecule has 0 unspecified atom stereocenters. The Hall–Kier alpha value is -3.61. The third-order valence-corrected chi connectivity index (χ3v) is 3.65. The zero-order valence-electron chi connectivity index (χ0n) is 13.9. The number of hydrogen-bond donors (Lipinski definition) is 2. The second-order valence-electron chi connectivity index (χ2n) is 5.47. The van der Waals surface area contributed by atoms with Crippen LogP contribution in [0.5, 0.6) is 0 Å². The summed E-state index contributed by atoms with van der Waals surface area (Å²) in [4.78, 5) is 0. The van der Waals surface area contributed by atoms with Crippen molar-refractivity contribution in [2.75, 3.05) is 23.7 Å². The van der Waals surface area contributed by atoms with Crippen molar-refractivity contribution in [2.45, 2.75) is 6.18 Å². The number of rotatable bonds is 6. The fourth-order valence-electron chi connectivity index (χ4n) is 2.41. The average molecular weight is 373 g/mol. The molecule has 1 aromatic heterocycles. The molecule has 0 spiro atoms. The van der Waals surface area contributed by atoms with Crippen LogP contribution in [-0.2, 0) is 6.18 Å². The molecule has 138 valence electrons. The monoisotopic (exact) mass is 373 g/mol. The molecular formula is C17H14F3N7. The predicted octanol–water partition coefficient (Wildman–Crippen LogP) is 3.08. The number of alkyl halides is 3. The van der Waals surface area contributed by atoms with Gasteiger partial charge >= 0.3 is 6.18 Å². The molecule has 0 aliphatic carbocycles. The molecule has 1 heterocycles. The van der Waals surface area contributed by atoms with Crippen molar-refractivity contribution in [1.82, 2.24) is 20.2 Å². The number of halogens is 3. The molecule has 3 rings (SSSR count). The smallest absolute Gasteiger partial charge is 0.383 e. The van der Waals surface area contributed by atoms with Gasteiger partial charge in [0.05, 0.1) is 22.9 Å². The summed E-state index contributed by atoms with van der Waals surface area (Å²) in [5, 5.41) is 26.1. The molecule has 0 atom stereocenters. The Morgan fingerprint density at radius 3 is 2.48 bits per heavy atom. The van der Waals surface area contributed by atoms with Crippen molar-refractivity contribution in [3.8, 4) is 11.8 Å². The summed E-state index contributed by atoms with van der Waals surface area (Å²) in [6, 6.07) is 14.3. The largest absolute Gasteiger partial charge is 0.417 e. The van der Waals surface area contributed by atoms with Gasteiger partial charge < -0.3 is 10.6 Å². The van der Waals surface area contributed by atoms with E-state index in [1.807, 2.05) is 30.3 Å². The van der Waals surface area contributed by atoms with Gasteiger partial charge in [0, 0.05) is 18.8 Å². The van der Waals surface area contributed by atoms with Crippen LogP contribution in [0.2, 0.25) is 0 Å². The van der Waals surface area contributed by atoms with E-state index in [-0.39, 0.29) is 5.69 Å². The van der Waals surface area contributed by atoms with Crippen LogP contribution in [0.1, 0.15) is 11.1 Å². The lowest BCUT2D eigenvalue weighted by Crippen LogP contribution is -2.17. The molecule has 0 aliphatic heterocycles. The molecule has 0 radical (unpaired) electrons. The van der Waals surface area contributed by atoms with Crippen LogP contribution in [0, 0.1) is 11.3 Å². The summed E-state index contributed by atoms with van der Waals surface area (Å²) < 4.78 is 40.5. The summed E-state index contributed by atoms with van der Waals surface area (Å²) in [5.74, 6) is 0.416. The lowest BCUT2D eigenvalue weighted by molar-refractivity contribution is -0.137. The topological polar surface area (TPSA) is 91.4 Å². The van der Waals surface area contributed by atoms with Crippen molar-refractivity contribution in [3.05, 3.63) is 59.7 Å². The third-order valence-electron chi connectivity index (χ3n) is 3.65. The number of anilines is 2. The molecule has 0 aliphatic rings. The Bertz CT molecular complexity index is 945. The van der Waals surface area contributed by atoms with E-state index in [1.165, 1.54) is 10.7 Å². The van der Waals surface area contributed by atoms with Gasteiger partial charge in [0.1, 0.15) is 0 Å². The van der Waals surface area contributed by atoms with Crippen molar-refractivity contribution in [2.24, 2.45) is 0 Å². The second kappa shape index (κ2) is 7.74. The van der Waals surface area contributed by atoms with E-state index in [4.69, 9.17) is 5.26 Å². The highest BCUT2D eigenvalue weighted by Crippen LogP contribution is 2.33. The molecule has 3 aromatic rings. The molecule has 27 heavy (non-hydrogen) atoms. The van der Waals surface area contributed by atoms with Gasteiger partial charge in [0.2, 0.25) is 5.95 Å². The number of aromatic nitrogens is 4. The molecule has 0 bridgehead atoms. The maximum Gasteiger partial charge on any atom is 0.417 e. The highest BCUT2D eigenvalue weighted by atomic mass is 19.4. The molecule has 10 heteroatoms. The maximum absolute atomic E-state index is 13.0. The van der Waals surface area contributed by atoms with Gasteiger partial charge in [-0.05, 0) is 40.8 Å². The fraction of sp³-hybridized carbons (Fsp3) is 0.176.